The summed E-state index contributed by atoms with van der Waals surface area (Å²) in [4.78, 5) is 36.1. The fraction of sp³-hybridized carbons (Fsp3) is 0.519. The maximum Gasteiger partial charge on any atom is 0.256 e. The third-order valence-corrected chi connectivity index (χ3v) is 7.95. The molecular weight excluding hydrogens is 506 g/mol. The highest BCUT2D eigenvalue weighted by molar-refractivity contribution is 5.98. The SMILES string of the molecule is COc1nc(N[C@H]2CC[C@@H](C(=O)N3CCCC3)CC2)nc2[nH]cc(-c3cnc4nc(C)n(CC(F)F)c4c3)c12. The molecule has 0 spiro atoms. The molecule has 39 heavy (non-hydrogen) atoms. The van der Waals surface area contributed by atoms with Gasteiger partial charge in [-0.05, 0) is 51.5 Å². The van der Waals surface area contributed by atoms with E-state index in [-0.39, 0.29) is 12.0 Å². The Morgan fingerprint density at radius 1 is 1.18 bits per heavy atom. The van der Waals surface area contributed by atoms with Gasteiger partial charge in [0.15, 0.2) is 5.65 Å². The molecule has 4 aromatic heterocycles. The standard InChI is InChI=1S/C27H32F2N8O2/c1-15-32-23-20(37(15)14-21(28)29)11-17(12-30-23)19-13-31-24-22(19)25(39-2)35-27(34-24)33-18-7-5-16(6-8-18)26(38)36-9-3-4-10-36/h11-13,16,18,21H,3-10,14H2,1-2H3,(H2,31,33,34,35)/t16-,18+. The molecule has 0 radical (unpaired) electrons. The number of H-pyrrole nitrogens is 1. The van der Waals surface area contributed by atoms with Crippen LogP contribution in [0.2, 0.25) is 0 Å². The normalized spacial score (nSPS) is 19.9. The van der Waals surface area contributed by atoms with Gasteiger partial charge in [0.05, 0.1) is 24.6 Å². The monoisotopic (exact) mass is 538 g/mol. The minimum absolute atomic E-state index is 0.108. The first-order chi connectivity index (χ1) is 18.9. The van der Waals surface area contributed by atoms with Crippen LogP contribution in [0.4, 0.5) is 14.7 Å². The lowest BCUT2D eigenvalue weighted by molar-refractivity contribution is -0.135. The quantitative estimate of drug-likeness (QED) is 0.355. The van der Waals surface area contributed by atoms with Gasteiger partial charge in [0.25, 0.3) is 6.43 Å². The molecule has 1 amide bonds. The van der Waals surface area contributed by atoms with Crippen molar-refractivity contribution in [2.45, 2.75) is 64.5 Å². The summed E-state index contributed by atoms with van der Waals surface area (Å²) in [7, 11) is 1.56. The number of imidazole rings is 1. The highest BCUT2D eigenvalue weighted by Crippen LogP contribution is 2.36. The number of carbonyl (C=O) groups is 1. The predicted octanol–water partition coefficient (Wildman–Crippen LogP) is 4.54. The van der Waals surface area contributed by atoms with E-state index in [1.54, 1.807) is 32.5 Å². The van der Waals surface area contributed by atoms with Gasteiger partial charge in [0, 0.05) is 48.6 Å². The number of anilines is 1. The Labute approximate surface area is 224 Å². The Hall–Kier alpha value is -3.83. The predicted molar refractivity (Wildman–Crippen MR) is 143 cm³/mol. The molecule has 0 unspecified atom stereocenters. The second-order valence-electron chi connectivity index (χ2n) is 10.4. The molecule has 1 saturated carbocycles. The van der Waals surface area contributed by atoms with Crippen LogP contribution in [-0.2, 0) is 11.3 Å². The number of aryl methyl sites for hydroxylation is 1. The molecule has 206 valence electrons. The van der Waals surface area contributed by atoms with Crippen molar-refractivity contribution in [1.29, 1.82) is 0 Å². The molecule has 1 aliphatic carbocycles. The van der Waals surface area contributed by atoms with Crippen LogP contribution in [0, 0.1) is 12.8 Å². The number of aromatic nitrogens is 6. The number of hydrogen-bond donors (Lipinski definition) is 2. The Kier molecular flexibility index (Phi) is 6.78. The van der Waals surface area contributed by atoms with E-state index in [1.807, 2.05) is 4.90 Å². The summed E-state index contributed by atoms with van der Waals surface area (Å²) in [5.74, 6) is 1.76. The van der Waals surface area contributed by atoms with Gasteiger partial charge in [-0.2, -0.15) is 9.97 Å². The molecule has 0 atom stereocenters. The Bertz CT molecular complexity index is 1500. The van der Waals surface area contributed by atoms with Crippen molar-refractivity contribution < 1.29 is 18.3 Å². The van der Waals surface area contributed by atoms with Crippen molar-refractivity contribution in [1.82, 2.24) is 34.4 Å². The van der Waals surface area contributed by atoms with E-state index in [1.165, 1.54) is 4.57 Å². The largest absolute Gasteiger partial charge is 0.480 e. The number of nitrogens with zero attached hydrogens (tertiary/aromatic N) is 6. The molecule has 10 nitrogen and oxygen atoms in total. The van der Waals surface area contributed by atoms with Crippen molar-refractivity contribution in [2.75, 3.05) is 25.5 Å². The van der Waals surface area contributed by atoms with Crippen LogP contribution in [0.1, 0.15) is 44.3 Å². The van der Waals surface area contributed by atoms with Crippen LogP contribution >= 0.6 is 0 Å². The summed E-state index contributed by atoms with van der Waals surface area (Å²) in [6.45, 7) is 3.03. The van der Waals surface area contributed by atoms with Crippen molar-refractivity contribution in [3.05, 3.63) is 24.3 Å². The summed E-state index contributed by atoms with van der Waals surface area (Å²) < 4.78 is 33.5. The second-order valence-corrected chi connectivity index (χ2v) is 10.4. The number of aromatic amines is 1. The van der Waals surface area contributed by atoms with Gasteiger partial charge in [-0.3, -0.25) is 4.79 Å². The highest BCUT2D eigenvalue weighted by atomic mass is 19.3. The van der Waals surface area contributed by atoms with E-state index >= 15 is 0 Å². The minimum Gasteiger partial charge on any atom is -0.480 e. The maximum atomic E-state index is 13.2. The fourth-order valence-electron chi connectivity index (χ4n) is 5.94. The lowest BCUT2D eigenvalue weighted by atomic mass is 9.85. The number of carbonyl (C=O) groups excluding carboxylic acids is 1. The third-order valence-electron chi connectivity index (χ3n) is 7.95. The topological polar surface area (TPSA) is 114 Å². The van der Waals surface area contributed by atoms with Crippen LogP contribution in [0.15, 0.2) is 18.5 Å². The van der Waals surface area contributed by atoms with Crippen LogP contribution in [0.25, 0.3) is 33.3 Å². The Balaban J connectivity index is 1.23. The number of alkyl halides is 2. The summed E-state index contributed by atoms with van der Waals surface area (Å²) >= 11 is 0. The first-order valence-corrected chi connectivity index (χ1v) is 13.5. The first kappa shape index (κ1) is 25.4. The third kappa shape index (κ3) is 4.87. The van der Waals surface area contributed by atoms with Gasteiger partial charge < -0.3 is 24.5 Å². The molecule has 0 aromatic carbocycles. The first-order valence-electron chi connectivity index (χ1n) is 13.5. The molecule has 1 aliphatic heterocycles. The number of fused-ring (bicyclic) bond motifs is 2. The van der Waals surface area contributed by atoms with E-state index in [4.69, 9.17) is 9.72 Å². The molecule has 2 fully saturated rings. The van der Waals surface area contributed by atoms with Crippen LogP contribution in [0.3, 0.4) is 0 Å². The number of pyridine rings is 1. The molecule has 1 saturated heterocycles. The van der Waals surface area contributed by atoms with Gasteiger partial charge in [-0.25, -0.2) is 18.7 Å². The van der Waals surface area contributed by atoms with Gasteiger partial charge in [0.2, 0.25) is 17.7 Å². The van der Waals surface area contributed by atoms with Crippen LogP contribution in [0.5, 0.6) is 5.88 Å². The molecule has 12 heteroatoms. The average molecular weight is 539 g/mol. The molecule has 2 N–H and O–H groups in total. The van der Waals surface area contributed by atoms with Gasteiger partial charge >= 0.3 is 0 Å². The Morgan fingerprint density at radius 3 is 2.67 bits per heavy atom. The Morgan fingerprint density at radius 2 is 1.95 bits per heavy atom. The number of nitrogens with one attached hydrogen (secondary N) is 2. The minimum atomic E-state index is -2.50. The summed E-state index contributed by atoms with van der Waals surface area (Å²) in [5, 5.41) is 4.12. The van der Waals surface area contributed by atoms with Crippen LogP contribution < -0.4 is 10.1 Å². The van der Waals surface area contributed by atoms with Crippen molar-refractivity contribution >= 4 is 34.1 Å². The summed E-state index contributed by atoms with van der Waals surface area (Å²) in [5.41, 5.74) is 3.02. The van der Waals surface area contributed by atoms with E-state index in [2.05, 4.69) is 25.3 Å². The van der Waals surface area contributed by atoms with Crippen molar-refractivity contribution in [2.24, 2.45) is 5.92 Å². The summed E-state index contributed by atoms with van der Waals surface area (Å²) in [6, 6.07) is 1.98. The summed E-state index contributed by atoms with van der Waals surface area (Å²) in [6.07, 6.45) is 6.65. The number of ether oxygens (including phenoxy) is 1. The van der Waals surface area contributed by atoms with Gasteiger partial charge in [-0.15, -0.1) is 0 Å². The molecular formula is C27H32F2N8O2. The zero-order chi connectivity index (χ0) is 27.1. The molecule has 5 heterocycles. The maximum absolute atomic E-state index is 13.2. The van der Waals surface area contributed by atoms with Gasteiger partial charge in [0.1, 0.15) is 11.5 Å². The second kappa shape index (κ2) is 10.4. The zero-order valence-electron chi connectivity index (χ0n) is 22.1. The number of amides is 1. The van der Waals surface area contributed by atoms with Crippen molar-refractivity contribution in [3.63, 3.8) is 0 Å². The average Bonchev–Trinajstić information content (AvgIpc) is 3.68. The fourth-order valence-corrected chi connectivity index (χ4v) is 5.94. The van der Waals surface area contributed by atoms with E-state index in [0.717, 1.165) is 57.2 Å². The molecule has 4 aromatic rings. The van der Waals surface area contributed by atoms with Crippen molar-refractivity contribution in [3.8, 4) is 17.0 Å². The zero-order valence-corrected chi connectivity index (χ0v) is 22.1. The van der Waals surface area contributed by atoms with E-state index in [9.17, 15) is 13.6 Å². The number of halogens is 2. The number of methoxy groups -OCH3 is 1. The smallest absolute Gasteiger partial charge is 0.256 e. The highest BCUT2D eigenvalue weighted by Gasteiger charge is 2.31. The number of rotatable bonds is 7. The number of likely N-dealkylation sites (tertiary alicyclic amines) is 1. The lowest BCUT2D eigenvalue weighted by Crippen LogP contribution is -2.37. The molecule has 0 bridgehead atoms. The number of hydrogen-bond acceptors (Lipinski definition) is 7. The van der Waals surface area contributed by atoms with E-state index < -0.39 is 13.0 Å². The van der Waals surface area contributed by atoms with E-state index in [0.29, 0.717) is 51.3 Å². The lowest BCUT2D eigenvalue weighted by Gasteiger charge is -2.30. The molecule has 2 aliphatic rings. The van der Waals surface area contributed by atoms with Crippen LogP contribution in [-0.4, -0.2) is 73.0 Å². The molecule has 6 rings (SSSR count). The van der Waals surface area contributed by atoms with Gasteiger partial charge in [-0.1, -0.05) is 0 Å².